The van der Waals surface area contributed by atoms with Crippen LogP contribution < -0.4 is 9.62 Å². The summed E-state index contributed by atoms with van der Waals surface area (Å²) >= 11 is 24.7. The number of rotatable bonds is 12. The molecule has 0 saturated carbocycles. The van der Waals surface area contributed by atoms with Gasteiger partial charge >= 0.3 is 0 Å². The van der Waals surface area contributed by atoms with Gasteiger partial charge < -0.3 is 10.2 Å². The van der Waals surface area contributed by atoms with E-state index in [0.717, 1.165) is 16.1 Å². The number of benzene rings is 3. The van der Waals surface area contributed by atoms with Crippen molar-refractivity contribution in [3.63, 3.8) is 0 Å². The van der Waals surface area contributed by atoms with Gasteiger partial charge in [0.25, 0.3) is 0 Å². The lowest BCUT2D eigenvalue weighted by Gasteiger charge is -2.34. The Morgan fingerprint density at radius 2 is 1.56 bits per heavy atom. The second kappa shape index (κ2) is 14.6. The highest BCUT2D eigenvalue weighted by molar-refractivity contribution is 7.92. The first kappa shape index (κ1) is 33.0. The Morgan fingerprint density at radius 3 is 2.15 bits per heavy atom. The van der Waals surface area contributed by atoms with Crippen molar-refractivity contribution in [2.24, 2.45) is 0 Å². The maximum atomic E-state index is 14.1. The van der Waals surface area contributed by atoms with Crippen LogP contribution in [0.2, 0.25) is 20.1 Å². The third-order valence-electron chi connectivity index (χ3n) is 6.47. The molecule has 7 nitrogen and oxygen atoms in total. The summed E-state index contributed by atoms with van der Waals surface area (Å²) in [6.07, 6.45) is 1.85. The maximum Gasteiger partial charge on any atom is 0.244 e. The Morgan fingerprint density at radius 1 is 0.878 bits per heavy atom. The van der Waals surface area contributed by atoms with Gasteiger partial charge in [-0.2, -0.15) is 0 Å². The molecule has 0 aliphatic rings. The molecule has 41 heavy (non-hydrogen) atoms. The normalized spacial score (nSPS) is 12.9. The van der Waals surface area contributed by atoms with Gasteiger partial charge in [-0.15, -0.1) is 0 Å². The molecular weight excluding hydrogens is 628 g/mol. The number of carbonyl (C=O) groups excluding carboxylic acids is 2. The smallest absolute Gasteiger partial charge is 0.244 e. The molecule has 2 atom stereocenters. The molecule has 0 aromatic heterocycles. The predicted octanol–water partition coefficient (Wildman–Crippen LogP) is 6.62. The molecule has 12 heteroatoms. The Hall–Kier alpha value is -2.49. The lowest BCUT2D eigenvalue weighted by Crippen LogP contribution is -2.54. The van der Waals surface area contributed by atoms with Crippen LogP contribution in [0, 0.1) is 0 Å². The largest absolute Gasteiger partial charge is 0.352 e. The van der Waals surface area contributed by atoms with Crippen LogP contribution >= 0.6 is 46.4 Å². The number of hydrogen-bond acceptors (Lipinski definition) is 4. The summed E-state index contributed by atoms with van der Waals surface area (Å²) in [6, 6.07) is 17.4. The van der Waals surface area contributed by atoms with E-state index in [2.05, 4.69) is 5.32 Å². The molecule has 0 heterocycles. The third-order valence-corrected chi connectivity index (χ3v) is 8.87. The highest BCUT2D eigenvalue weighted by Gasteiger charge is 2.34. The summed E-state index contributed by atoms with van der Waals surface area (Å²) in [5.41, 5.74) is 1.52. The van der Waals surface area contributed by atoms with E-state index in [4.69, 9.17) is 46.4 Å². The summed E-state index contributed by atoms with van der Waals surface area (Å²) < 4.78 is 26.7. The molecule has 3 aromatic rings. The van der Waals surface area contributed by atoms with Crippen molar-refractivity contribution in [1.29, 1.82) is 0 Å². The summed E-state index contributed by atoms with van der Waals surface area (Å²) in [4.78, 5) is 29.2. The summed E-state index contributed by atoms with van der Waals surface area (Å²) in [5.74, 6) is -0.986. The van der Waals surface area contributed by atoms with Crippen LogP contribution in [0.5, 0.6) is 0 Å². The topological polar surface area (TPSA) is 86.8 Å². The van der Waals surface area contributed by atoms with E-state index in [9.17, 15) is 18.0 Å². The van der Waals surface area contributed by atoms with Gasteiger partial charge in [0.15, 0.2) is 0 Å². The quantitative estimate of drug-likeness (QED) is 0.237. The van der Waals surface area contributed by atoms with Crippen molar-refractivity contribution in [2.45, 2.75) is 45.3 Å². The number of hydrogen-bond donors (Lipinski definition) is 1. The Bertz CT molecular complexity index is 1490. The van der Waals surface area contributed by atoms with Crippen molar-refractivity contribution in [3.8, 4) is 0 Å². The highest BCUT2D eigenvalue weighted by atomic mass is 35.5. The molecule has 0 unspecified atom stereocenters. The maximum absolute atomic E-state index is 14.1. The first-order valence-corrected chi connectivity index (χ1v) is 16.2. The van der Waals surface area contributed by atoms with Crippen LogP contribution in [0.3, 0.4) is 0 Å². The van der Waals surface area contributed by atoms with Gasteiger partial charge in [-0.05, 0) is 54.8 Å². The minimum Gasteiger partial charge on any atom is -0.352 e. The highest BCUT2D eigenvalue weighted by Crippen LogP contribution is 2.31. The predicted molar refractivity (Wildman–Crippen MR) is 167 cm³/mol. The molecular formula is C29H31Cl4N3O4S. The van der Waals surface area contributed by atoms with Crippen molar-refractivity contribution >= 4 is 73.9 Å². The fourth-order valence-electron chi connectivity index (χ4n) is 4.11. The minimum absolute atomic E-state index is 0.0346. The van der Waals surface area contributed by atoms with Crippen LogP contribution in [0.15, 0.2) is 66.7 Å². The van der Waals surface area contributed by atoms with Gasteiger partial charge in [-0.25, -0.2) is 8.42 Å². The van der Waals surface area contributed by atoms with Gasteiger partial charge in [0.1, 0.15) is 12.6 Å². The number of amides is 2. The van der Waals surface area contributed by atoms with Gasteiger partial charge in [-0.1, -0.05) is 89.7 Å². The molecule has 0 aliphatic carbocycles. The third kappa shape index (κ3) is 9.25. The minimum atomic E-state index is -3.98. The molecule has 0 aliphatic heterocycles. The van der Waals surface area contributed by atoms with Crippen molar-refractivity contribution in [2.75, 3.05) is 17.1 Å². The summed E-state index contributed by atoms with van der Waals surface area (Å²) in [5, 5.41) is 3.96. The lowest BCUT2D eigenvalue weighted by atomic mass is 10.0. The van der Waals surface area contributed by atoms with Gasteiger partial charge in [0.2, 0.25) is 21.8 Å². The lowest BCUT2D eigenvalue weighted by molar-refractivity contribution is -0.140. The Kier molecular flexibility index (Phi) is 11.8. The van der Waals surface area contributed by atoms with E-state index in [-0.39, 0.29) is 40.6 Å². The van der Waals surface area contributed by atoms with Gasteiger partial charge in [0, 0.05) is 24.0 Å². The molecule has 0 radical (unpaired) electrons. The van der Waals surface area contributed by atoms with Crippen molar-refractivity contribution in [1.82, 2.24) is 10.2 Å². The average Bonchev–Trinajstić information content (AvgIpc) is 2.91. The zero-order valence-electron chi connectivity index (χ0n) is 22.8. The standard InChI is InChI=1S/C29H31Cl4N3O4S/c1-4-19(2)34-29(38)27(15-20-8-6-5-7-9-20)35(17-21-10-12-23(31)24(32)14-21)28(37)18-36(41(3,39)40)26-13-11-22(30)16-25(26)33/h5-14,16,19,27H,4,15,17-18H2,1-3H3,(H,34,38)/t19-,27+/m0/s1. The number of nitrogens with zero attached hydrogens (tertiary/aromatic N) is 2. The number of nitrogens with one attached hydrogen (secondary N) is 1. The zero-order valence-corrected chi connectivity index (χ0v) is 26.6. The molecule has 220 valence electrons. The van der Waals surface area contributed by atoms with Crippen LogP contribution in [0.25, 0.3) is 0 Å². The SMILES string of the molecule is CC[C@H](C)NC(=O)[C@@H](Cc1ccccc1)N(Cc1ccc(Cl)c(Cl)c1)C(=O)CN(c1ccc(Cl)cc1Cl)S(C)(=O)=O. The zero-order chi connectivity index (χ0) is 30.3. The van der Waals surface area contributed by atoms with Gasteiger partial charge in [-0.3, -0.25) is 13.9 Å². The van der Waals surface area contributed by atoms with E-state index in [1.807, 2.05) is 44.2 Å². The first-order valence-electron chi connectivity index (χ1n) is 12.8. The number of anilines is 1. The monoisotopic (exact) mass is 657 g/mol. The average molecular weight is 659 g/mol. The van der Waals surface area contributed by atoms with Crippen LogP contribution in [0.4, 0.5) is 5.69 Å². The van der Waals surface area contributed by atoms with E-state index < -0.39 is 28.5 Å². The van der Waals surface area contributed by atoms with E-state index in [0.29, 0.717) is 22.0 Å². The summed E-state index contributed by atoms with van der Waals surface area (Å²) in [6.45, 7) is 3.17. The Labute approximate surface area is 261 Å². The molecule has 3 aromatic carbocycles. The molecule has 2 amide bonds. The van der Waals surface area contributed by atoms with Crippen molar-refractivity contribution < 1.29 is 18.0 Å². The number of halogens is 4. The fraction of sp³-hybridized carbons (Fsp3) is 0.310. The molecule has 0 bridgehead atoms. The fourth-order valence-corrected chi connectivity index (χ4v) is 5.85. The number of carbonyl (C=O) groups is 2. The molecule has 0 spiro atoms. The second-order valence-electron chi connectivity index (χ2n) is 9.66. The van der Waals surface area contributed by atoms with E-state index >= 15 is 0 Å². The Balaban J connectivity index is 2.10. The van der Waals surface area contributed by atoms with E-state index in [1.165, 1.54) is 23.1 Å². The molecule has 0 fully saturated rings. The van der Waals surface area contributed by atoms with Crippen LogP contribution in [0.1, 0.15) is 31.4 Å². The van der Waals surface area contributed by atoms with Crippen LogP contribution in [-0.4, -0.2) is 50.0 Å². The first-order chi connectivity index (χ1) is 19.3. The number of sulfonamides is 1. The second-order valence-corrected chi connectivity index (χ2v) is 13.2. The van der Waals surface area contributed by atoms with Crippen LogP contribution in [-0.2, 0) is 32.6 Å². The molecule has 0 saturated heterocycles. The molecule has 1 N–H and O–H groups in total. The van der Waals surface area contributed by atoms with Crippen molar-refractivity contribution in [3.05, 3.63) is 97.9 Å². The summed E-state index contributed by atoms with van der Waals surface area (Å²) in [7, 11) is -3.98. The van der Waals surface area contributed by atoms with Gasteiger partial charge in [0.05, 0.1) is 27.0 Å². The van der Waals surface area contributed by atoms with E-state index in [1.54, 1.807) is 18.2 Å². The molecule has 3 rings (SSSR count).